The van der Waals surface area contributed by atoms with Crippen LogP contribution in [0.1, 0.15) is 26.4 Å². The van der Waals surface area contributed by atoms with Crippen LogP contribution in [0.15, 0.2) is 46.4 Å². The van der Waals surface area contributed by atoms with Gasteiger partial charge in [-0.25, -0.2) is 9.78 Å². The second-order valence-corrected chi connectivity index (χ2v) is 6.42. The molecule has 0 fully saturated rings. The first-order valence-electron chi connectivity index (χ1n) is 7.70. The average Bonchev–Trinajstić information content (AvgIpc) is 3.39. The van der Waals surface area contributed by atoms with Crippen molar-refractivity contribution >= 4 is 28.9 Å². The molecule has 0 bridgehead atoms. The minimum absolute atomic E-state index is 0.154. The minimum Gasteiger partial charge on any atom is -0.465 e. The maximum absolute atomic E-state index is 12.8. The Balaban J connectivity index is 1.60. The molecule has 0 atom stereocenters. The number of amides is 1. The van der Waals surface area contributed by atoms with Gasteiger partial charge in [0.15, 0.2) is 10.8 Å². The number of carbonyl (C=O) groups excluding carboxylic acids is 2. The first kappa shape index (κ1) is 15.6. The zero-order valence-corrected chi connectivity index (χ0v) is 14.2. The lowest BCUT2D eigenvalue weighted by Crippen LogP contribution is -2.29. The topological polar surface area (TPSA) is 72.6 Å². The highest BCUT2D eigenvalue weighted by Crippen LogP contribution is 2.31. The van der Waals surface area contributed by atoms with Gasteiger partial charge in [-0.3, -0.25) is 4.79 Å². The standard InChI is InChI=1S/C18H14N2O4S/c1-23-18(22)12-4-5-14-11(9-12)6-7-20(14)17(21)13-10-25-16(19-13)15-3-2-8-24-15/h2-5,8-10H,6-7H2,1H3. The van der Waals surface area contributed by atoms with Crippen molar-refractivity contribution in [3.05, 3.63) is 58.8 Å². The molecule has 7 heteroatoms. The SMILES string of the molecule is COC(=O)c1ccc2c(c1)CCN2C(=O)c1csc(-c2ccco2)n1. The number of benzene rings is 1. The molecule has 3 aromatic rings. The van der Waals surface area contributed by atoms with E-state index in [9.17, 15) is 9.59 Å². The molecule has 1 aromatic carbocycles. The summed E-state index contributed by atoms with van der Waals surface area (Å²) in [6.07, 6.45) is 2.27. The van der Waals surface area contributed by atoms with Gasteiger partial charge in [0.25, 0.3) is 5.91 Å². The number of nitrogens with zero attached hydrogens (tertiary/aromatic N) is 2. The summed E-state index contributed by atoms with van der Waals surface area (Å²) in [6.45, 7) is 0.562. The molecule has 6 nitrogen and oxygen atoms in total. The summed E-state index contributed by atoms with van der Waals surface area (Å²) >= 11 is 1.37. The number of aromatic nitrogens is 1. The van der Waals surface area contributed by atoms with Gasteiger partial charge in [-0.05, 0) is 42.3 Å². The van der Waals surface area contributed by atoms with E-state index in [0.29, 0.717) is 35.0 Å². The van der Waals surface area contributed by atoms with Crippen molar-refractivity contribution in [1.82, 2.24) is 4.98 Å². The lowest BCUT2D eigenvalue weighted by atomic mass is 10.1. The zero-order chi connectivity index (χ0) is 17.4. The van der Waals surface area contributed by atoms with Crippen LogP contribution in [0.2, 0.25) is 0 Å². The number of methoxy groups -OCH3 is 1. The Morgan fingerprint density at radius 2 is 2.20 bits per heavy atom. The van der Waals surface area contributed by atoms with E-state index < -0.39 is 0 Å². The monoisotopic (exact) mass is 354 g/mol. The molecule has 0 aliphatic carbocycles. The van der Waals surface area contributed by atoms with E-state index in [4.69, 9.17) is 9.15 Å². The molecule has 126 valence electrons. The number of hydrogen-bond acceptors (Lipinski definition) is 6. The van der Waals surface area contributed by atoms with Crippen molar-refractivity contribution in [2.24, 2.45) is 0 Å². The average molecular weight is 354 g/mol. The lowest BCUT2D eigenvalue weighted by molar-refractivity contribution is 0.0600. The summed E-state index contributed by atoms with van der Waals surface area (Å²) in [5, 5.41) is 2.41. The number of carbonyl (C=O) groups is 2. The fourth-order valence-corrected chi connectivity index (χ4v) is 3.64. The van der Waals surface area contributed by atoms with Gasteiger partial charge >= 0.3 is 5.97 Å². The normalized spacial score (nSPS) is 12.9. The minimum atomic E-state index is -0.379. The molecule has 3 heterocycles. The molecule has 0 saturated carbocycles. The summed E-state index contributed by atoms with van der Waals surface area (Å²) in [5.74, 6) is 0.113. The van der Waals surface area contributed by atoms with Gasteiger partial charge in [0.2, 0.25) is 0 Å². The number of rotatable bonds is 3. The van der Waals surface area contributed by atoms with Gasteiger partial charge in [-0.1, -0.05) is 0 Å². The van der Waals surface area contributed by atoms with E-state index in [1.165, 1.54) is 18.4 Å². The fourth-order valence-electron chi connectivity index (χ4n) is 2.88. The van der Waals surface area contributed by atoms with Crippen molar-refractivity contribution in [1.29, 1.82) is 0 Å². The Bertz CT molecular complexity index is 946. The van der Waals surface area contributed by atoms with Crippen LogP contribution in [0.3, 0.4) is 0 Å². The summed E-state index contributed by atoms with van der Waals surface area (Å²) in [7, 11) is 1.35. The molecule has 1 amide bonds. The summed E-state index contributed by atoms with van der Waals surface area (Å²) < 4.78 is 10.1. The molecule has 25 heavy (non-hydrogen) atoms. The van der Waals surface area contributed by atoms with Crippen LogP contribution in [0.4, 0.5) is 5.69 Å². The Morgan fingerprint density at radius 3 is 2.96 bits per heavy atom. The van der Waals surface area contributed by atoms with E-state index >= 15 is 0 Å². The maximum atomic E-state index is 12.8. The van der Waals surface area contributed by atoms with Crippen LogP contribution in [0.5, 0.6) is 0 Å². The quantitative estimate of drug-likeness (QED) is 0.674. The Morgan fingerprint density at radius 1 is 1.32 bits per heavy atom. The summed E-state index contributed by atoms with van der Waals surface area (Å²) in [6, 6.07) is 8.84. The number of anilines is 1. The smallest absolute Gasteiger partial charge is 0.337 e. The van der Waals surface area contributed by atoms with E-state index in [-0.39, 0.29) is 11.9 Å². The van der Waals surface area contributed by atoms with Gasteiger partial charge in [-0.2, -0.15) is 0 Å². The molecule has 0 N–H and O–H groups in total. The zero-order valence-electron chi connectivity index (χ0n) is 13.4. The highest BCUT2D eigenvalue weighted by Gasteiger charge is 2.28. The van der Waals surface area contributed by atoms with Crippen LogP contribution < -0.4 is 4.90 Å². The number of ether oxygens (including phenoxy) is 1. The van der Waals surface area contributed by atoms with Crippen LogP contribution in [-0.2, 0) is 11.2 Å². The first-order chi connectivity index (χ1) is 12.2. The van der Waals surface area contributed by atoms with Gasteiger partial charge in [0, 0.05) is 17.6 Å². The van der Waals surface area contributed by atoms with Gasteiger partial charge < -0.3 is 14.1 Å². The van der Waals surface area contributed by atoms with Gasteiger partial charge in [0.1, 0.15) is 5.69 Å². The van der Waals surface area contributed by atoms with E-state index in [1.807, 2.05) is 6.07 Å². The van der Waals surface area contributed by atoms with Crippen LogP contribution in [0, 0.1) is 0 Å². The van der Waals surface area contributed by atoms with E-state index in [0.717, 1.165) is 11.3 Å². The third-order valence-electron chi connectivity index (χ3n) is 4.10. The number of fused-ring (bicyclic) bond motifs is 1. The summed E-state index contributed by atoms with van der Waals surface area (Å²) in [4.78, 5) is 30.5. The van der Waals surface area contributed by atoms with Crippen LogP contribution in [-0.4, -0.2) is 30.5 Å². The number of thiazole rings is 1. The predicted octanol–water partition coefficient (Wildman–Crippen LogP) is 3.39. The highest BCUT2D eigenvalue weighted by molar-refractivity contribution is 7.13. The molecule has 2 aromatic heterocycles. The van der Waals surface area contributed by atoms with Crippen LogP contribution in [0.25, 0.3) is 10.8 Å². The Labute approximate surface area is 147 Å². The van der Waals surface area contributed by atoms with Crippen molar-refractivity contribution < 1.29 is 18.7 Å². The second kappa shape index (κ2) is 6.18. The third kappa shape index (κ3) is 2.72. The molecule has 1 aliphatic heterocycles. The first-order valence-corrected chi connectivity index (χ1v) is 8.58. The van der Waals surface area contributed by atoms with Gasteiger partial charge in [-0.15, -0.1) is 11.3 Å². The summed E-state index contributed by atoms with van der Waals surface area (Å²) in [5.41, 5.74) is 2.65. The van der Waals surface area contributed by atoms with Gasteiger partial charge in [0.05, 0.1) is 18.9 Å². The molecule has 4 rings (SSSR count). The fraction of sp³-hybridized carbons (Fsp3) is 0.167. The van der Waals surface area contributed by atoms with E-state index in [2.05, 4.69) is 4.98 Å². The predicted molar refractivity (Wildman–Crippen MR) is 93.0 cm³/mol. The maximum Gasteiger partial charge on any atom is 0.337 e. The highest BCUT2D eigenvalue weighted by atomic mass is 32.1. The largest absolute Gasteiger partial charge is 0.465 e. The van der Waals surface area contributed by atoms with Crippen LogP contribution >= 0.6 is 11.3 Å². The number of esters is 1. The molecule has 1 aliphatic rings. The second-order valence-electron chi connectivity index (χ2n) is 5.56. The van der Waals surface area contributed by atoms with Crippen molar-refractivity contribution in [3.8, 4) is 10.8 Å². The van der Waals surface area contributed by atoms with Crippen molar-refractivity contribution in [3.63, 3.8) is 0 Å². The lowest BCUT2D eigenvalue weighted by Gasteiger charge is -2.16. The molecular formula is C18H14N2O4S. The molecule has 0 radical (unpaired) electrons. The molecular weight excluding hydrogens is 340 g/mol. The Kier molecular flexibility index (Phi) is 3.85. The van der Waals surface area contributed by atoms with Crippen molar-refractivity contribution in [2.45, 2.75) is 6.42 Å². The number of hydrogen-bond donors (Lipinski definition) is 0. The number of furan rings is 1. The molecule has 0 spiro atoms. The van der Waals surface area contributed by atoms with E-state index in [1.54, 1.807) is 40.8 Å². The van der Waals surface area contributed by atoms with Crippen molar-refractivity contribution in [2.75, 3.05) is 18.6 Å². The Hall–Kier alpha value is -2.93. The molecule has 0 unspecified atom stereocenters. The molecule has 0 saturated heterocycles. The third-order valence-corrected chi connectivity index (χ3v) is 4.95.